The molecule has 0 fully saturated rings. The lowest BCUT2D eigenvalue weighted by atomic mass is 10.2. The molecule has 1 aromatic carbocycles. The number of nitrogen functional groups attached to an aromatic ring is 1. The van der Waals surface area contributed by atoms with E-state index in [1.54, 1.807) is 43.6 Å². The van der Waals surface area contributed by atoms with Gasteiger partial charge in [0.05, 0.1) is 24.9 Å². The first-order valence-corrected chi connectivity index (χ1v) is 5.82. The molecule has 1 heterocycles. The Bertz CT molecular complexity index is 570. The number of hydrogen-bond acceptors (Lipinski definition) is 4. The van der Waals surface area contributed by atoms with Gasteiger partial charge in [0.15, 0.2) is 0 Å². The van der Waals surface area contributed by atoms with Gasteiger partial charge in [-0.2, -0.15) is 0 Å². The third kappa shape index (κ3) is 3.45. The highest BCUT2D eigenvalue weighted by Gasteiger charge is 2.08. The van der Waals surface area contributed by atoms with E-state index in [-0.39, 0.29) is 12.3 Å². The van der Waals surface area contributed by atoms with Crippen LogP contribution in [-0.2, 0) is 11.2 Å². The van der Waals surface area contributed by atoms with Crippen molar-refractivity contribution in [3.8, 4) is 5.75 Å². The van der Waals surface area contributed by atoms with Crippen molar-refractivity contribution < 1.29 is 9.53 Å². The van der Waals surface area contributed by atoms with Gasteiger partial charge in [-0.1, -0.05) is 6.07 Å². The molecule has 5 heteroatoms. The Morgan fingerprint density at radius 3 is 2.89 bits per heavy atom. The van der Waals surface area contributed by atoms with Crippen LogP contribution in [0, 0.1) is 0 Å². The topological polar surface area (TPSA) is 77.2 Å². The fraction of sp³-hybridized carbons (Fsp3) is 0.143. The number of nitrogens with one attached hydrogen (secondary N) is 1. The third-order valence-corrected chi connectivity index (χ3v) is 2.60. The fourth-order valence-electron chi connectivity index (χ4n) is 1.63. The quantitative estimate of drug-likeness (QED) is 0.819. The summed E-state index contributed by atoms with van der Waals surface area (Å²) in [6.45, 7) is 0. The number of ether oxygens (including phenoxy) is 1. The fourth-order valence-corrected chi connectivity index (χ4v) is 1.63. The van der Waals surface area contributed by atoms with E-state index in [2.05, 4.69) is 10.3 Å². The van der Waals surface area contributed by atoms with Crippen molar-refractivity contribution >= 4 is 17.3 Å². The zero-order valence-corrected chi connectivity index (χ0v) is 10.6. The average molecular weight is 257 g/mol. The molecule has 2 rings (SSSR count). The molecule has 0 aliphatic carbocycles. The Balaban J connectivity index is 2.06. The van der Waals surface area contributed by atoms with Crippen LogP contribution >= 0.6 is 0 Å². The highest BCUT2D eigenvalue weighted by Crippen LogP contribution is 2.24. The lowest BCUT2D eigenvalue weighted by Crippen LogP contribution is -2.16. The van der Waals surface area contributed by atoms with Crippen molar-refractivity contribution in [3.63, 3.8) is 0 Å². The van der Waals surface area contributed by atoms with E-state index in [0.717, 1.165) is 0 Å². The minimum Gasteiger partial charge on any atom is -0.497 e. The first kappa shape index (κ1) is 12.9. The van der Waals surface area contributed by atoms with Crippen LogP contribution in [0.15, 0.2) is 42.6 Å². The molecule has 98 valence electrons. The number of nitrogens with two attached hydrogens (primary N) is 1. The van der Waals surface area contributed by atoms with Crippen LogP contribution in [0.5, 0.6) is 5.75 Å². The van der Waals surface area contributed by atoms with Gasteiger partial charge in [0, 0.05) is 18.0 Å². The number of benzene rings is 1. The summed E-state index contributed by atoms with van der Waals surface area (Å²) in [6.07, 6.45) is 1.86. The Hall–Kier alpha value is -2.56. The zero-order chi connectivity index (χ0) is 13.7. The maximum Gasteiger partial charge on any atom is 0.230 e. The van der Waals surface area contributed by atoms with Crippen LogP contribution in [0.4, 0.5) is 11.4 Å². The SMILES string of the molecule is COc1ccc(N)c(NC(=O)Cc2ccccn2)c1. The molecular formula is C14H15N3O2. The summed E-state index contributed by atoms with van der Waals surface area (Å²) < 4.78 is 5.09. The summed E-state index contributed by atoms with van der Waals surface area (Å²) in [7, 11) is 1.56. The molecule has 0 aliphatic heterocycles. The second-order valence-corrected chi connectivity index (χ2v) is 4.00. The van der Waals surface area contributed by atoms with Gasteiger partial charge in [-0.05, 0) is 24.3 Å². The average Bonchev–Trinajstić information content (AvgIpc) is 2.42. The summed E-state index contributed by atoms with van der Waals surface area (Å²) in [4.78, 5) is 16.0. The van der Waals surface area contributed by atoms with E-state index in [4.69, 9.17) is 10.5 Å². The lowest BCUT2D eigenvalue weighted by molar-refractivity contribution is -0.115. The number of hydrogen-bond donors (Lipinski definition) is 2. The zero-order valence-electron chi connectivity index (χ0n) is 10.6. The van der Waals surface area contributed by atoms with Crippen molar-refractivity contribution in [2.24, 2.45) is 0 Å². The predicted molar refractivity (Wildman–Crippen MR) is 74.0 cm³/mol. The van der Waals surface area contributed by atoms with Crippen LogP contribution in [0.25, 0.3) is 0 Å². The molecule has 0 saturated heterocycles. The molecule has 0 saturated carbocycles. The molecule has 19 heavy (non-hydrogen) atoms. The lowest BCUT2D eigenvalue weighted by Gasteiger charge is -2.09. The Labute approximate surface area is 111 Å². The normalized spacial score (nSPS) is 9.95. The summed E-state index contributed by atoms with van der Waals surface area (Å²) in [5, 5.41) is 2.75. The number of methoxy groups -OCH3 is 1. The molecule has 0 spiro atoms. The van der Waals surface area contributed by atoms with Crippen molar-refractivity contribution in [1.82, 2.24) is 4.98 Å². The van der Waals surface area contributed by atoms with E-state index in [1.165, 1.54) is 0 Å². The van der Waals surface area contributed by atoms with Gasteiger partial charge in [0.25, 0.3) is 0 Å². The highest BCUT2D eigenvalue weighted by atomic mass is 16.5. The summed E-state index contributed by atoms with van der Waals surface area (Å²) in [6, 6.07) is 10.6. The van der Waals surface area contributed by atoms with E-state index in [9.17, 15) is 4.79 Å². The number of amides is 1. The molecule has 0 aliphatic rings. The van der Waals surface area contributed by atoms with Gasteiger partial charge in [0.1, 0.15) is 5.75 Å². The predicted octanol–water partition coefficient (Wildman–Crippen LogP) is 1.85. The third-order valence-electron chi connectivity index (χ3n) is 2.60. The van der Waals surface area contributed by atoms with Crippen molar-refractivity contribution in [3.05, 3.63) is 48.3 Å². The number of pyridine rings is 1. The molecule has 5 nitrogen and oxygen atoms in total. The number of nitrogens with zero attached hydrogens (tertiary/aromatic N) is 1. The van der Waals surface area contributed by atoms with Crippen molar-refractivity contribution in [2.45, 2.75) is 6.42 Å². The Morgan fingerprint density at radius 2 is 2.21 bits per heavy atom. The minimum atomic E-state index is -0.168. The smallest absolute Gasteiger partial charge is 0.230 e. The molecule has 1 amide bonds. The molecule has 3 N–H and O–H groups in total. The maximum atomic E-state index is 11.9. The summed E-state index contributed by atoms with van der Waals surface area (Å²) >= 11 is 0. The molecule has 0 bridgehead atoms. The molecule has 0 radical (unpaired) electrons. The monoisotopic (exact) mass is 257 g/mol. The van der Waals surface area contributed by atoms with Crippen LogP contribution in [-0.4, -0.2) is 18.0 Å². The minimum absolute atomic E-state index is 0.168. The van der Waals surface area contributed by atoms with Gasteiger partial charge in [-0.3, -0.25) is 9.78 Å². The van der Waals surface area contributed by atoms with Crippen LogP contribution in [0.1, 0.15) is 5.69 Å². The van der Waals surface area contributed by atoms with E-state index in [0.29, 0.717) is 22.8 Å². The molecular weight excluding hydrogens is 242 g/mol. The molecule has 0 unspecified atom stereocenters. The van der Waals surface area contributed by atoms with E-state index in [1.807, 2.05) is 6.07 Å². The van der Waals surface area contributed by atoms with Gasteiger partial charge in [-0.15, -0.1) is 0 Å². The first-order valence-electron chi connectivity index (χ1n) is 5.82. The van der Waals surface area contributed by atoms with Crippen LogP contribution in [0.3, 0.4) is 0 Å². The number of carbonyl (C=O) groups is 1. The highest BCUT2D eigenvalue weighted by molar-refractivity contribution is 5.95. The number of aromatic nitrogens is 1. The summed E-state index contributed by atoms with van der Waals surface area (Å²) in [5.74, 6) is 0.473. The largest absolute Gasteiger partial charge is 0.497 e. The maximum absolute atomic E-state index is 11.9. The second-order valence-electron chi connectivity index (χ2n) is 4.00. The van der Waals surface area contributed by atoms with Crippen LogP contribution in [0.2, 0.25) is 0 Å². The number of rotatable bonds is 4. The Morgan fingerprint density at radius 1 is 1.37 bits per heavy atom. The van der Waals surface area contributed by atoms with E-state index >= 15 is 0 Å². The Kier molecular flexibility index (Phi) is 3.97. The second kappa shape index (κ2) is 5.86. The molecule has 2 aromatic rings. The number of anilines is 2. The van der Waals surface area contributed by atoms with E-state index < -0.39 is 0 Å². The first-order chi connectivity index (χ1) is 9.19. The van der Waals surface area contributed by atoms with Gasteiger partial charge in [-0.25, -0.2) is 0 Å². The molecule has 1 aromatic heterocycles. The van der Waals surface area contributed by atoms with Gasteiger partial charge >= 0.3 is 0 Å². The van der Waals surface area contributed by atoms with Gasteiger partial charge < -0.3 is 15.8 Å². The van der Waals surface area contributed by atoms with Crippen molar-refractivity contribution in [1.29, 1.82) is 0 Å². The van der Waals surface area contributed by atoms with Crippen LogP contribution < -0.4 is 15.8 Å². The van der Waals surface area contributed by atoms with Crippen molar-refractivity contribution in [2.75, 3.05) is 18.2 Å². The summed E-state index contributed by atoms with van der Waals surface area (Å²) in [5.41, 5.74) is 7.55. The molecule has 0 atom stereocenters. The van der Waals surface area contributed by atoms with Gasteiger partial charge in [0.2, 0.25) is 5.91 Å². The standard InChI is InChI=1S/C14H15N3O2/c1-19-11-5-6-12(15)13(9-11)17-14(18)8-10-4-2-3-7-16-10/h2-7,9H,8,15H2,1H3,(H,17,18). The number of carbonyl (C=O) groups excluding carboxylic acids is 1.